The lowest BCUT2D eigenvalue weighted by atomic mass is 10.1. The van der Waals surface area contributed by atoms with Gasteiger partial charge in [-0.05, 0) is 76.5 Å². The first kappa shape index (κ1) is 23.0. The van der Waals surface area contributed by atoms with E-state index in [0.29, 0.717) is 38.7 Å². The van der Waals surface area contributed by atoms with Crippen molar-refractivity contribution in [2.75, 3.05) is 6.61 Å². The highest BCUT2D eigenvalue weighted by molar-refractivity contribution is 9.10. The Labute approximate surface area is 203 Å². The Morgan fingerprint density at radius 2 is 1.88 bits per heavy atom. The van der Waals surface area contributed by atoms with E-state index in [1.165, 1.54) is 12.1 Å². The van der Waals surface area contributed by atoms with Gasteiger partial charge in [0.05, 0.1) is 21.7 Å². The molecule has 0 saturated carbocycles. The zero-order valence-corrected chi connectivity index (χ0v) is 19.8. The number of ether oxygens (including phenoxy) is 3. The molecule has 0 atom stereocenters. The standard InChI is InChI=1S/C25H18BrClFNO4/c1-2-31-22-13-16(11-19(26)23(22)32-14-15-7-9-17(28)10-8-15)12-21-25(30)33-24(29-21)18-5-3-4-6-20(18)27/h3-13H,2,14H2,1H3/b21-12-. The molecule has 1 aliphatic heterocycles. The van der Waals surface area contributed by atoms with E-state index < -0.39 is 5.97 Å². The van der Waals surface area contributed by atoms with Gasteiger partial charge >= 0.3 is 5.97 Å². The molecule has 168 valence electrons. The Morgan fingerprint density at radius 1 is 1.12 bits per heavy atom. The Bertz CT molecular complexity index is 1260. The number of halogens is 3. The summed E-state index contributed by atoms with van der Waals surface area (Å²) in [5.41, 5.74) is 2.15. The van der Waals surface area contributed by atoms with E-state index in [1.54, 1.807) is 54.6 Å². The lowest BCUT2D eigenvalue weighted by Crippen LogP contribution is -2.05. The summed E-state index contributed by atoms with van der Waals surface area (Å²) in [4.78, 5) is 16.7. The monoisotopic (exact) mass is 529 g/mol. The average Bonchev–Trinajstić information content (AvgIpc) is 3.15. The first-order valence-electron chi connectivity index (χ1n) is 10.1. The molecule has 0 fully saturated rings. The number of hydrogen-bond donors (Lipinski definition) is 0. The number of nitrogens with zero attached hydrogens (tertiary/aromatic N) is 1. The summed E-state index contributed by atoms with van der Waals surface area (Å²) < 4.78 is 30.8. The van der Waals surface area contributed by atoms with E-state index in [0.717, 1.165) is 5.56 Å². The number of cyclic esters (lactones) is 1. The molecule has 8 heteroatoms. The van der Waals surface area contributed by atoms with E-state index in [4.69, 9.17) is 25.8 Å². The largest absolute Gasteiger partial charge is 0.490 e. The number of esters is 1. The molecule has 0 spiro atoms. The molecule has 3 aromatic carbocycles. The maximum Gasteiger partial charge on any atom is 0.363 e. The van der Waals surface area contributed by atoms with Gasteiger partial charge < -0.3 is 14.2 Å². The van der Waals surface area contributed by atoms with Gasteiger partial charge in [-0.15, -0.1) is 0 Å². The zero-order valence-electron chi connectivity index (χ0n) is 17.5. The van der Waals surface area contributed by atoms with Gasteiger partial charge in [-0.1, -0.05) is 35.9 Å². The Hall–Kier alpha value is -3.16. The Balaban J connectivity index is 1.61. The van der Waals surface area contributed by atoms with E-state index in [2.05, 4.69) is 20.9 Å². The maximum absolute atomic E-state index is 13.1. The van der Waals surface area contributed by atoms with Crippen LogP contribution in [-0.4, -0.2) is 18.5 Å². The molecular formula is C25H18BrClFNO4. The normalized spacial score (nSPS) is 14.2. The summed E-state index contributed by atoms with van der Waals surface area (Å²) in [5, 5.41) is 0.439. The van der Waals surface area contributed by atoms with Crippen LogP contribution in [-0.2, 0) is 16.1 Å². The van der Waals surface area contributed by atoms with Crippen molar-refractivity contribution in [3.8, 4) is 11.5 Å². The van der Waals surface area contributed by atoms with E-state index in [1.807, 2.05) is 6.92 Å². The van der Waals surface area contributed by atoms with E-state index in [9.17, 15) is 9.18 Å². The molecule has 5 nitrogen and oxygen atoms in total. The molecule has 33 heavy (non-hydrogen) atoms. The maximum atomic E-state index is 13.1. The summed E-state index contributed by atoms with van der Waals surface area (Å²) in [7, 11) is 0. The molecular weight excluding hydrogens is 513 g/mol. The smallest absolute Gasteiger partial charge is 0.363 e. The number of carbonyl (C=O) groups is 1. The van der Waals surface area contributed by atoms with Crippen molar-refractivity contribution < 1.29 is 23.4 Å². The minimum atomic E-state index is -0.573. The van der Waals surface area contributed by atoms with Crippen LogP contribution in [0.25, 0.3) is 6.08 Å². The zero-order chi connectivity index (χ0) is 23.4. The molecule has 0 unspecified atom stereocenters. The van der Waals surface area contributed by atoms with Gasteiger partial charge in [0.25, 0.3) is 0 Å². The van der Waals surface area contributed by atoms with E-state index >= 15 is 0 Å². The summed E-state index contributed by atoms with van der Waals surface area (Å²) in [6.07, 6.45) is 1.60. The molecule has 3 aromatic rings. The molecule has 4 rings (SSSR count). The first-order valence-corrected chi connectivity index (χ1v) is 11.2. The van der Waals surface area contributed by atoms with Crippen molar-refractivity contribution in [3.05, 3.63) is 98.4 Å². The average molecular weight is 531 g/mol. The highest BCUT2D eigenvalue weighted by atomic mass is 79.9. The first-order chi connectivity index (χ1) is 15.9. The second-order valence-electron chi connectivity index (χ2n) is 6.99. The fourth-order valence-electron chi connectivity index (χ4n) is 3.13. The quantitative estimate of drug-likeness (QED) is 0.256. The topological polar surface area (TPSA) is 57.1 Å². The second-order valence-corrected chi connectivity index (χ2v) is 8.26. The van der Waals surface area contributed by atoms with Crippen LogP contribution in [0.5, 0.6) is 11.5 Å². The van der Waals surface area contributed by atoms with Crippen molar-refractivity contribution in [1.29, 1.82) is 0 Å². The van der Waals surface area contributed by atoms with Crippen molar-refractivity contribution in [3.63, 3.8) is 0 Å². The molecule has 0 N–H and O–H groups in total. The van der Waals surface area contributed by atoms with Crippen LogP contribution in [0.3, 0.4) is 0 Å². The molecule has 0 radical (unpaired) electrons. The van der Waals surface area contributed by atoms with Crippen LogP contribution >= 0.6 is 27.5 Å². The van der Waals surface area contributed by atoms with Gasteiger partial charge in [0.2, 0.25) is 5.90 Å². The summed E-state index contributed by atoms with van der Waals surface area (Å²) in [6.45, 7) is 2.50. The lowest BCUT2D eigenvalue weighted by Gasteiger charge is -2.15. The van der Waals surface area contributed by atoms with Crippen molar-refractivity contribution in [1.82, 2.24) is 0 Å². The van der Waals surface area contributed by atoms with Crippen molar-refractivity contribution in [2.24, 2.45) is 4.99 Å². The highest BCUT2D eigenvalue weighted by Gasteiger charge is 2.25. The predicted molar refractivity (Wildman–Crippen MR) is 128 cm³/mol. The number of aliphatic imine (C=N–C) groups is 1. The Morgan fingerprint density at radius 3 is 2.61 bits per heavy atom. The molecule has 0 aromatic heterocycles. The van der Waals surface area contributed by atoms with Crippen LogP contribution in [0, 0.1) is 5.82 Å². The van der Waals surface area contributed by atoms with Gasteiger partial charge in [-0.3, -0.25) is 0 Å². The van der Waals surface area contributed by atoms with E-state index in [-0.39, 0.29) is 24.0 Å². The summed E-state index contributed by atoms with van der Waals surface area (Å²) in [6, 6.07) is 16.6. The molecule has 0 bridgehead atoms. The fourth-order valence-corrected chi connectivity index (χ4v) is 3.92. The van der Waals surface area contributed by atoms with Gasteiger partial charge in [0.15, 0.2) is 17.2 Å². The number of benzene rings is 3. The third kappa shape index (κ3) is 5.43. The number of rotatable bonds is 7. The summed E-state index contributed by atoms with van der Waals surface area (Å²) >= 11 is 9.70. The molecule has 0 saturated heterocycles. The van der Waals surface area contributed by atoms with Crippen LogP contribution < -0.4 is 9.47 Å². The third-order valence-corrected chi connectivity index (χ3v) is 5.57. The fraction of sp³-hybridized carbons (Fsp3) is 0.120. The van der Waals surface area contributed by atoms with Gasteiger partial charge in [0.1, 0.15) is 12.4 Å². The van der Waals surface area contributed by atoms with Gasteiger partial charge in [-0.2, -0.15) is 0 Å². The molecule has 0 amide bonds. The van der Waals surface area contributed by atoms with Crippen molar-refractivity contribution >= 4 is 45.5 Å². The minimum absolute atomic E-state index is 0.138. The molecule has 1 aliphatic rings. The predicted octanol–water partition coefficient (Wildman–Crippen LogP) is 6.56. The molecule has 1 heterocycles. The van der Waals surface area contributed by atoms with Crippen LogP contribution in [0.2, 0.25) is 5.02 Å². The Kier molecular flexibility index (Phi) is 7.11. The number of carbonyl (C=O) groups excluding carboxylic acids is 1. The SMILES string of the molecule is CCOc1cc(/C=C2\N=C(c3ccccc3Cl)OC2=O)cc(Br)c1OCc1ccc(F)cc1. The molecule has 0 aliphatic carbocycles. The number of hydrogen-bond acceptors (Lipinski definition) is 5. The third-order valence-electron chi connectivity index (χ3n) is 4.66. The van der Waals surface area contributed by atoms with Gasteiger partial charge in [0, 0.05) is 0 Å². The second kappa shape index (κ2) is 10.2. The summed E-state index contributed by atoms with van der Waals surface area (Å²) in [5.74, 6) is 0.258. The van der Waals surface area contributed by atoms with Gasteiger partial charge in [-0.25, -0.2) is 14.2 Å². The van der Waals surface area contributed by atoms with Crippen LogP contribution in [0.4, 0.5) is 4.39 Å². The minimum Gasteiger partial charge on any atom is -0.490 e. The lowest BCUT2D eigenvalue weighted by molar-refractivity contribution is -0.129. The van der Waals surface area contributed by atoms with Crippen molar-refractivity contribution in [2.45, 2.75) is 13.5 Å². The van der Waals surface area contributed by atoms with Crippen LogP contribution in [0.1, 0.15) is 23.6 Å². The van der Waals surface area contributed by atoms with Crippen LogP contribution in [0.15, 0.2) is 75.8 Å². The highest BCUT2D eigenvalue weighted by Crippen LogP contribution is 2.38.